The van der Waals surface area contributed by atoms with Gasteiger partial charge in [0.1, 0.15) is 0 Å². The van der Waals surface area contributed by atoms with Gasteiger partial charge in [-0.3, -0.25) is 0 Å². The van der Waals surface area contributed by atoms with Gasteiger partial charge in [0.25, 0.3) is 0 Å². The van der Waals surface area contributed by atoms with Gasteiger partial charge in [0.15, 0.2) is 17.2 Å². The summed E-state index contributed by atoms with van der Waals surface area (Å²) in [6, 6.07) is 12.8. The molecule has 0 bridgehead atoms. The van der Waals surface area contributed by atoms with E-state index in [0.29, 0.717) is 22.6 Å². The number of hydrogen-bond donors (Lipinski definition) is 0. The van der Waals surface area contributed by atoms with Crippen molar-refractivity contribution in [3.8, 4) is 11.5 Å². The molecule has 0 amide bonds. The molecule has 0 atom stereocenters. The summed E-state index contributed by atoms with van der Waals surface area (Å²) in [7, 11) is 3.10. The van der Waals surface area contributed by atoms with Crippen LogP contribution in [0.15, 0.2) is 57.6 Å². The third kappa shape index (κ3) is 3.05. The fraction of sp³-hybridized carbons (Fsp3) is 0.111. The average molecular weight is 388 g/mol. The Morgan fingerprint density at radius 2 is 1.88 bits per heavy atom. The molecule has 1 aliphatic rings. The number of hydrogen-bond acceptors (Lipinski definition) is 5. The molecule has 0 spiro atoms. The van der Waals surface area contributed by atoms with E-state index in [1.807, 2.05) is 36.4 Å². The fourth-order valence-corrected chi connectivity index (χ4v) is 2.79. The molecule has 122 valence electrons. The number of carbonyl (C=O) groups excluding carboxylic acids is 1. The number of nitrogens with zero attached hydrogens (tertiary/aromatic N) is 1. The van der Waals surface area contributed by atoms with Gasteiger partial charge in [-0.25, -0.2) is 9.79 Å². The Labute approximate surface area is 147 Å². The predicted octanol–water partition coefficient (Wildman–Crippen LogP) is 3.81. The number of cyclic esters (lactones) is 1. The van der Waals surface area contributed by atoms with Crippen LogP contribution in [-0.2, 0) is 9.53 Å². The van der Waals surface area contributed by atoms with E-state index in [0.717, 1.165) is 4.47 Å². The highest BCUT2D eigenvalue weighted by molar-refractivity contribution is 9.10. The molecule has 24 heavy (non-hydrogen) atoms. The topological polar surface area (TPSA) is 57.1 Å². The maximum absolute atomic E-state index is 12.1. The molecule has 3 rings (SSSR count). The Balaban J connectivity index is 2.03. The van der Waals surface area contributed by atoms with Crippen LogP contribution in [0.5, 0.6) is 11.5 Å². The van der Waals surface area contributed by atoms with Gasteiger partial charge in [-0.2, -0.15) is 0 Å². The molecule has 2 aromatic rings. The Morgan fingerprint density at radius 1 is 1.08 bits per heavy atom. The summed E-state index contributed by atoms with van der Waals surface area (Å²) in [5, 5.41) is 0. The van der Waals surface area contributed by atoms with Gasteiger partial charge in [-0.15, -0.1) is 0 Å². The first-order valence-electron chi connectivity index (χ1n) is 7.12. The van der Waals surface area contributed by atoms with Gasteiger partial charge >= 0.3 is 5.97 Å². The minimum atomic E-state index is -0.509. The summed E-state index contributed by atoms with van der Waals surface area (Å²) in [6.45, 7) is 0. The third-order valence-electron chi connectivity index (χ3n) is 3.45. The van der Waals surface area contributed by atoms with Crippen molar-refractivity contribution in [2.45, 2.75) is 0 Å². The van der Waals surface area contributed by atoms with Gasteiger partial charge in [0.2, 0.25) is 5.90 Å². The molecule has 6 heteroatoms. The second kappa shape index (κ2) is 6.88. The third-order valence-corrected chi connectivity index (χ3v) is 4.14. The second-order valence-corrected chi connectivity index (χ2v) is 5.75. The van der Waals surface area contributed by atoms with Crippen molar-refractivity contribution in [3.05, 3.63) is 63.8 Å². The zero-order valence-corrected chi connectivity index (χ0v) is 14.7. The maximum atomic E-state index is 12.1. The van der Waals surface area contributed by atoms with Crippen LogP contribution in [0.1, 0.15) is 11.1 Å². The van der Waals surface area contributed by atoms with Crippen LogP contribution in [0.2, 0.25) is 0 Å². The van der Waals surface area contributed by atoms with Gasteiger partial charge in [-0.1, -0.05) is 24.3 Å². The van der Waals surface area contributed by atoms with Crippen molar-refractivity contribution in [1.29, 1.82) is 0 Å². The molecule has 5 nitrogen and oxygen atoms in total. The van der Waals surface area contributed by atoms with Gasteiger partial charge in [0, 0.05) is 10.0 Å². The van der Waals surface area contributed by atoms with Crippen LogP contribution in [0.3, 0.4) is 0 Å². The van der Waals surface area contributed by atoms with E-state index in [1.165, 1.54) is 0 Å². The first kappa shape index (κ1) is 16.3. The lowest BCUT2D eigenvalue weighted by Gasteiger charge is -2.09. The molecule has 1 heterocycles. The summed E-state index contributed by atoms with van der Waals surface area (Å²) in [5.74, 6) is 0.865. The van der Waals surface area contributed by atoms with Crippen LogP contribution in [0.25, 0.3) is 6.08 Å². The SMILES string of the molecule is COc1cccc(/C=C2\N=C(c3ccccc3Br)OC2=O)c1OC. The van der Waals surface area contributed by atoms with Crippen molar-refractivity contribution >= 4 is 33.9 Å². The van der Waals surface area contributed by atoms with Gasteiger partial charge in [0.05, 0.1) is 19.8 Å². The molecule has 2 aromatic carbocycles. The zero-order valence-electron chi connectivity index (χ0n) is 13.1. The molecule has 0 radical (unpaired) electrons. The lowest BCUT2D eigenvalue weighted by atomic mass is 10.1. The van der Waals surface area contributed by atoms with Crippen LogP contribution in [-0.4, -0.2) is 26.1 Å². The summed E-state index contributed by atoms with van der Waals surface area (Å²) < 4.78 is 16.7. The number of aliphatic imine (C=N–C) groups is 1. The van der Waals surface area contributed by atoms with Crippen molar-refractivity contribution < 1.29 is 19.0 Å². The summed E-state index contributed by atoms with van der Waals surface area (Å²) in [6.07, 6.45) is 1.62. The van der Waals surface area contributed by atoms with Crippen LogP contribution in [0.4, 0.5) is 0 Å². The highest BCUT2D eigenvalue weighted by atomic mass is 79.9. The number of rotatable bonds is 4. The molecule has 0 saturated heterocycles. The number of benzene rings is 2. The summed E-state index contributed by atoms with van der Waals surface area (Å²) in [4.78, 5) is 16.4. The van der Waals surface area contributed by atoms with E-state index >= 15 is 0 Å². The predicted molar refractivity (Wildman–Crippen MR) is 94.3 cm³/mol. The number of carbonyl (C=O) groups is 1. The number of esters is 1. The molecular weight excluding hydrogens is 374 g/mol. The molecule has 0 fully saturated rings. The Hall–Kier alpha value is -2.60. The van der Waals surface area contributed by atoms with Gasteiger partial charge < -0.3 is 14.2 Å². The monoisotopic (exact) mass is 387 g/mol. The standard InChI is InChI=1S/C18H14BrNO4/c1-22-15-9-5-6-11(16(15)23-2)10-14-18(21)24-17(20-14)12-7-3-4-8-13(12)19/h3-10H,1-2H3/b14-10-. The molecule has 0 aliphatic carbocycles. The van der Waals surface area contributed by atoms with E-state index in [2.05, 4.69) is 20.9 Å². The van der Waals surface area contributed by atoms with Crippen molar-refractivity contribution in [2.75, 3.05) is 14.2 Å². The lowest BCUT2D eigenvalue weighted by Crippen LogP contribution is -2.05. The zero-order chi connectivity index (χ0) is 17.1. The Morgan fingerprint density at radius 3 is 2.58 bits per heavy atom. The normalized spacial score (nSPS) is 15.2. The average Bonchev–Trinajstić information content (AvgIpc) is 2.95. The van der Waals surface area contributed by atoms with E-state index in [-0.39, 0.29) is 11.6 Å². The van der Waals surface area contributed by atoms with Crippen molar-refractivity contribution in [2.24, 2.45) is 4.99 Å². The number of ether oxygens (including phenoxy) is 3. The number of halogens is 1. The van der Waals surface area contributed by atoms with Crippen LogP contribution >= 0.6 is 15.9 Å². The summed E-state index contributed by atoms with van der Waals surface area (Å²) in [5.41, 5.74) is 1.60. The van der Waals surface area contributed by atoms with Crippen LogP contribution < -0.4 is 9.47 Å². The molecule has 1 aliphatic heterocycles. The minimum Gasteiger partial charge on any atom is -0.493 e. The highest BCUT2D eigenvalue weighted by Crippen LogP contribution is 2.33. The maximum Gasteiger partial charge on any atom is 0.363 e. The van der Waals surface area contributed by atoms with E-state index in [1.54, 1.807) is 26.4 Å². The van der Waals surface area contributed by atoms with E-state index in [9.17, 15) is 4.79 Å². The molecule has 0 N–H and O–H groups in total. The smallest absolute Gasteiger partial charge is 0.363 e. The largest absolute Gasteiger partial charge is 0.493 e. The number of para-hydroxylation sites is 1. The fourth-order valence-electron chi connectivity index (χ4n) is 2.33. The Kier molecular flexibility index (Phi) is 4.66. The molecule has 0 saturated carbocycles. The molecule has 0 aromatic heterocycles. The van der Waals surface area contributed by atoms with E-state index < -0.39 is 5.97 Å². The molecular formula is C18H14BrNO4. The summed E-state index contributed by atoms with van der Waals surface area (Å²) >= 11 is 3.43. The first-order chi connectivity index (χ1) is 11.6. The first-order valence-corrected chi connectivity index (χ1v) is 7.92. The van der Waals surface area contributed by atoms with E-state index in [4.69, 9.17) is 14.2 Å². The number of methoxy groups -OCH3 is 2. The van der Waals surface area contributed by atoms with Crippen molar-refractivity contribution in [1.82, 2.24) is 0 Å². The van der Waals surface area contributed by atoms with Crippen molar-refractivity contribution in [3.63, 3.8) is 0 Å². The van der Waals surface area contributed by atoms with Crippen LogP contribution in [0, 0.1) is 0 Å². The molecule has 0 unspecified atom stereocenters. The lowest BCUT2D eigenvalue weighted by molar-refractivity contribution is -0.129. The van der Waals surface area contributed by atoms with Gasteiger partial charge in [-0.05, 0) is 40.2 Å². The Bertz CT molecular complexity index is 858. The highest BCUT2D eigenvalue weighted by Gasteiger charge is 2.26. The second-order valence-electron chi connectivity index (χ2n) is 4.90. The quantitative estimate of drug-likeness (QED) is 0.591. The minimum absolute atomic E-state index is 0.201.